The van der Waals surface area contributed by atoms with Gasteiger partial charge in [-0.15, -0.1) is 0 Å². The molecule has 1 aromatic heterocycles. The van der Waals surface area contributed by atoms with Crippen LogP contribution in [0.25, 0.3) is 0 Å². The first-order valence-electron chi connectivity index (χ1n) is 7.29. The lowest BCUT2D eigenvalue weighted by Crippen LogP contribution is -2.03. The van der Waals surface area contributed by atoms with Crippen molar-refractivity contribution in [3.63, 3.8) is 0 Å². The maximum atomic E-state index is 11.5. The molecule has 8 heteroatoms. The van der Waals surface area contributed by atoms with Crippen molar-refractivity contribution in [2.75, 3.05) is 5.32 Å². The second-order valence-electron chi connectivity index (χ2n) is 5.18. The monoisotopic (exact) mass is 356 g/mol. The van der Waals surface area contributed by atoms with Gasteiger partial charge in [-0.25, -0.2) is 4.98 Å². The number of hydrogen-bond acceptors (Lipinski definition) is 6. The van der Waals surface area contributed by atoms with Gasteiger partial charge in [-0.3, -0.25) is 10.1 Å². The molecule has 0 atom stereocenters. The summed E-state index contributed by atoms with van der Waals surface area (Å²) in [5.74, 6) is 0.318. The quantitative estimate of drug-likeness (QED) is 0.517. The summed E-state index contributed by atoms with van der Waals surface area (Å²) in [5, 5.41) is 14.9. The molecule has 0 fully saturated rings. The highest BCUT2D eigenvalue weighted by Gasteiger charge is 2.25. The molecule has 126 valence electrons. The van der Waals surface area contributed by atoms with E-state index in [0.29, 0.717) is 16.5 Å². The Labute approximate surface area is 148 Å². The number of ether oxygens (including phenoxy) is 1. The van der Waals surface area contributed by atoms with E-state index >= 15 is 0 Å². The number of aryl methyl sites for hydroxylation is 1. The summed E-state index contributed by atoms with van der Waals surface area (Å²) in [6.45, 7) is 1.93. The first-order valence-corrected chi connectivity index (χ1v) is 7.67. The highest BCUT2D eigenvalue weighted by Crippen LogP contribution is 2.35. The normalized spacial score (nSPS) is 10.3. The minimum Gasteiger partial charge on any atom is -0.434 e. The number of nitrogens with zero attached hydrogens (tertiary/aromatic N) is 3. The van der Waals surface area contributed by atoms with Crippen molar-refractivity contribution in [3.8, 4) is 11.6 Å². The second-order valence-corrected chi connectivity index (χ2v) is 5.62. The molecule has 0 aliphatic carbocycles. The van der Waals surface area contributed by atoms with E-state index in [1.165, 1.54) is 6.33 Å². The van der Waals surface area contributed by atoms with Crippen LogP contribution in [0.1, 0.15) is 5.56 Å². The Kier molecular flexibility index (Phi) is 4.76. The van der Waals surface area contributed by atoms with E-state index in [9.17, 15) is 10.1 Å². The van der Waals surface area contributed by atoms with Crippen molar-refractivity contribution in [1.29, 1.82) is 0 Å². The zero-order valence-corrected chi connectivity index (χ0v) is 13.9. The molecule has 2 aromatic carbocycles. The Hall–Kier alpha value is -3.19. The zero-order chi connectivity index (χ0) is 17.8. The maximum absolute atomic E-state index is 11.5. The molecule has 0 unspecified atom stereocenters. The van der Waals surface area contributed by atoms with E-state index in [1.54, 1.807) is 36.4 Å². The fourth-order valence-corrected chi connectivity index (χ4v) is 2.30. The summed E-state index contributed by atoms with van der Waals surface area (Å²) in [4.78, 5) is 18.8. The highest BCUT2D eigenvalue weighted by molar-refractivity contribution is 6.30. The third-order valence-corrected chi connectivity index (χ3v) is 3.53. The lowest BCUT2D eigenvalue weighted by molar-refractivity contribution is -0.385. The van der Waals surface area contributed by atoms with Crippen molar-refractivity contribution in [2.45, 2.75) is 6.92 Å². The van der Waals surface area contributed by atoms with E-state index in [1.807, 2.05) is 19.1 Å². The van der Waals surface area contributed by atoms with Crippen LogP contribution in [0.15, 0.2) is 54.9 Å². The summed E-state index contributed by atoms with van der Waals surface area (Å²) >= 11 is 5.93. The molecule has 1 heterocycles. The van der Waals surface area contributed by atoms with Crippen LogP contribution in [-0.4, -0.2) is 14.9 Å². The average Bonchev–Trinajstić information content (AvgIpc) is 2.57. The van der Waals surface area contributed by atoms with Gasteiger partial charge in [0, 0.05) is 10.7 Å². The Balaban J connectivity index is 1.96. The number of halogens is 1. The molecule has 0 spiro atoms. The summed E-state index contributed by atoms with van der Waals surface area (Å²) in [5.41, 5.74) is 1.26. The van der Waals surface area contributed by atoms with E-state index in [4.69, 9.17) is 16.3 Å². The molecule has 3 aromatic rings. The largest absolute Gasteiger partial charge is 0.434 e. The van der Waals surface area contributed by atoms with Gasteiger partial charge in [0.15, 0.2) is 0 Å². The molecule has 1 N–H and O–H groups in total. The molecule has 7 nitrogen and oxygen atoms in total. The van der Waals surface area contributed by atoms with Gasteiger partial charge < -0.3 is 10.1 Å². The average molecular weight is 357 g/mol. The lowest BCUT2D eigenvalue weighted by atomic mass is 10.2. The molecular formula is C17H13ClN4O3. The van der Waals surface area contributed by atoms with Gasteiger partial charge in [0.2, 0.25) is 5.82 Å². The standard InChI is InChI=1S/C17H13ClN4O3/c1-11-5-7-14(8-6-11)25-17-15(22(23)24)16(19-10-20-17)21-13-4-2-3-12(18)9-13/h2-10H,1H3,(H,19,20,21). The molecule has 3 rings (SSSR count). The van der Waals surface area contributed by atoms with Crippen molar-refractivity contribution >= 4 is 28.8 Å². The molecule has 0 saturated heterocycles. The van der Waals surface area contributed by atoms with Gasteiger partial charge in [-0.1, -0.05) is 35.4 Å². The summed E-state index contributed by atoms with van der Waals surface area (Å²) in [6, 6.07) is 13.9. The Morgan fingerprint density at radius 1 is 1.16 bits per heavy atom. The fraction of sp³-hybridized carbons (Fsp3) is 0.0588. The minimum absolute atomic E-state index is 0.0179. The Morgan fingerprint density at radius 2 is 1.92 bits per heavy atom. The topological polar surface area (TPSA) is 90.2 Å². The Bertz CT molecular complexity index is 916. The maximum Gasteiger partial charge on any atom is 0.373 e. The number of nitro groups is 1. The third kappa shape index (κ3) is 4.02. The number of benzene rings is 2. The van der Waals surface area contributed by atoms with Crippen LogP contribution in [0.4, 0.5) is 17.2 Å². The summed E-state index contributed by atoms with van der Waals surface area (Å²) in [6.07, 6.45) is 1.20. The number of aromatic nitrogens is 2. The van der Waals surface area contributed by atoms with Crippen LogP contribution < -0.4 is 10.1 Å². The number of nitrogens with one attached hydrogen (secondary N) is 1. The van der Waals surface area contributed by atoms with Crippen LogP contribution in [0.5, 0.6) is 11.6 Å². The Morgan fingerprint density at radius 3 is 2.60 bits per heavy atom. The van der Waals surface area contributed by atoms with Crippen molar-refractivity contribution in [3.05, 3.63) is 75.6 Å². The van der Waals surface area contributed by atoms with Gasteiger partial charge in [0.05, 0.1) is 4.92 Å². The minimum atomic E-state index is -0.587. The van der Waals surface area contributed by atoms with Gasteiger partial charge >= 0.3 is 11.6 Å². The van der Waals surface area contributed by atoms with Gasteiger partial charge in [0.25, 0.3) is 0 Å². The first kappa shape index (κ1) is 16.7. The number of rotatable bonds is 5. The number of anilines is 2. The second kappa shape index (κ2) is 7.14. The smallest absolute Gasteiger partial charge is 0.373 e. The van der Waals surface area contributed by atoms with Crippen molar-refractivity contribution < 1.29 is 9.66 Å². The van der Waals surface area contributed by atoms with Crippen molar-refractivity contribution in [1.82, 2.24) is 9.97 Å². The first-order chi connectivity index (χ1) is 12.0. The number of hydrogen-bond donors (Lipinski definition) is 1. The van der Waals surface area contributed by atoms with E-state index in [-0.39, 0.29) is 17.4 Å². The van der Waals surface area contributed by atoms with Crippen LogP contribution in [-0.2, 0) is 0 Å². The van der Waals surface area contributed by atoms with E-state index < -0.39 is 4.92 Å². The molecule has 0 amide bonds. The summed E-state index contributed by atoms with van der Waals surface area (Å²) in [7, 11) is 0. The molecular weight excluding hydrogens is 344 g/mol. The SMILES string of the molecule is Cc1ccc(Oc2ncnc(Nc3cccc(Cl)c3)c2[N+](=O)[O-])cc1. The van der Waals surface area contributed by atoms with Crippen LogP contribution in [0.3, 0.4) is 0 Å². The van der Waals surface area contributed by atoms with Crippen molar-refractivity contribution in [2.24, 2.45) is 0 Å². The fourth-order valence-electron chi connectivity index (χ4n) is 2.11. The van der Waals surface area contributed by atoms with Crippen LogP contribution in [0.2, 0.25) is 5.02 Å². The highest BCUT2D eigenvalue weighted by atomic mass is 35.5. The van der Waals surface area contributed by atoms with Crippen LogP contribution in [0, 0.1) is 17.0 Å². The van der Waals surface area contributed by atoms with Crippen LogP contribution >= 0.6 is 11.6 Å². The predicted octanol–water partition coefficient (Wildman–Crippen LogP) is 4.88. The predicted molar refractivity (Wildman–Crippen MR) is 94.7 cm³/mol. The van der Waals surface area contributed by atoms with Gasteiger partial charge in [0.1, 0.15) is 12.1 Å². The van der Waals surface area contributed by atoms with Gasteiger partial charge in [-0.2, -0.15) is 4.98 Å². The van der Waals surface area contributed by atoms with E-state index in [0.717, 1.165) is 5.56 Å². The zero-order valence-electron chi connectivity index (χ0n) is 13.1. The molecule has 0 aliphatic heterocycles. The molecule has 0 saturated carbocycles. The molecule has 0 radical (unpaired) electrons. The molecule has 0 bridgehead atoms. The van der Waals surface area contributed by atoms with Gasteiger partial charge in [-0.05, 0) is 37.3 Å². The third-order valence-electron chi connectivity index (χ3n) is 3.29. The van der Waals surface area contributed by atoms with E-state index in [2.05, 4.69) is 15.3 Å². The lowest BCUT2D eigenvalue weighted by Gasteiger charge is -2.09. The summed E-state index contributed by atoms with van der Waals surface area (Å²) < 4.78 is 5.57. The molecule has 25 heavy (non-hydrogen) atoms. The molecule has 0 aliphatic rings.